The molecular weight excluding hydrogens is 360 g/mol. The van der Waals surface area contributed by atoms with Crippen molar-refractivity contribution in [3.63, 3.8) is 0 Å². The van der Waals surface area contributed by atoms with E-state index in [1.807, 2.05) is 11.0 Å². The van der Waals surface area contributed by atoms with Crippen LogP contribution >= 0.6 is 0 Å². The first-order valence-electron chi connectivity index (χ1n) is 9.39. The van der Waals surface area contributed by atoms with E-state index >= 15 is 0 Å². The molecule has 1 heterocycles. The molecule has 2 aromatic carbocycles. The van der Waals surface area contributed by atoms with Gasteiger partial charge in [-0.2, -0.15) is 0 Å². The fourth-order valence-corrected chi connectivity index (χ4v) is 4.70. The SMILES string of the molecule is Cc1ccccc1C[NH+]1CCN(C(=O)CCS(=O)(=O)c2ccccc2)CC1. The Balaban J connectivity index is 1.48. The van der Waals surface area contributed by atoms with Gasteiger partial charge in [-0.1, -0.05) is 42.5 Å². The van der Waals surface area contributed by atoms with Gasteiger partial charge >= 0.3 is 0 Å². The first kappa shape index (κ1) is 19.6. The highest BCUT2D eigenvalue weighted by Crippen LogP contribution is 2.12. The molecule has 0 saturated carbocycles. The molecule has 1 amide bonds. The van der Waals surface area contributed by atoms with E-state index in [2.05, 4.69) is 25.1 Å². The summed E-state index contributed by atoms with van der Waals surface area (Å²) in [7, 11) is -3.40. The van der Waals surface area contributed by atoms with Gasteiger partial charge in [-0.25, -0.2) is 8.42 Å². The normalized spacial score (nSPS) is 15.7. The molecule has 0 aromatic heterocycles. The van der Waals surface area contributed by atoms with Gasteiger partial charge in [-0.05, 0) is 24.6 Å². The molecule has 0 atom stereocenters. The first-order valence-corrected chi connectivity index (χ1v) is 11.0. The lowest BCUT2D eigenvalue weighted by atomic mass is 10.1. The number of hydrogen-bond acceptors (Lipinski definition) is 3. The maximum absolute atomic E-state index is 12.4. The third kappa shape index (κ3) is 5.17. The lowest BCUT2D eigenvalue weighted by Crippen LogP contribution is -3.13. The fraction of sp³-hybridized carbons (Fsp3) is 0.381. The zero-order valence-corrected chi connectivity index (χ0v) is 16.5. The van der Waals surface area contributed by atoms with E-state index in [1.165, 1.54) is 16.0 Å². The van der Waals surface area contributed by atoms with Crippen molar-refractivity contribution in [3.05, 3.63) is 65.7 Å². The minimum Gasteiger partial charge on any atom is -0.331 e. The molecule has 0 radical (unpaired) electrons. The molecule has 0 spiro atoms. The van der Waals surface area contributed by atoms with Crippen LogP contribution in [0.5, 0.6) is 0 Å². The topological polar surface area (TPSA) is 58.9 Å². The zero-order valence-electron chi connectivity index (χ0n) is 15.7. The Morgan fingerprint density at radius 1 is 1.00 bits per heavy atom. The summed E-state index contributed by atoms with van der Waals surface area (Å²) >= 11 is 0. The van der Waals surface area contributed by atoms with Crippen LogP contribution in [-0.4, -0.2) is 51.2 Å². The summed E-state index contributed by atoms with van der Waals surface area (Å²) in [5.41, 5.74) is 2.65. The largest absolute Gasteiger partial charge is 0.331 e. The van der Waals surface area contributed by atoms with Gasteiger partial charge in [0.25, 0.3) is 0 Å². The van der Waals surface area contributed by atoms with Crippen LogP contribution in [0.3, 0.4) is 0 Å². The predicted molar refractivity (Wildman–Crippen MR) is 105 cm³/mol. The summed E-state index contributed by atoms with van der Waals surface area (Å²) in [5.74, 6) is -0.198. The zero-order chi connectivity index (χ0) is 19.3. The molecule has 5 nitrogen and oxygen atoms in total. The molecule has 6 heteroatoms. The molecule has 0 aliphatic carbocycles. The third-order valence-corrected chi connectivity index (χ3v) is 6.94. The summed E-state index contributed by atoms with van der Waals surface area (Å²) in [5, 5.41) is 0. The van der Waals surface area contributed by atoms with E-state index in [4.69, 9.17) is 0 Å². The average Bonchev–Trinajstić information content (AvgIpc) is 2.69. The number of benzene rings is 2. The van der Waals surface area contributed by atoms with Gasteiger partial charge in [0.05, 0.1) is 36.8 Å². The summed E-state index contributed by atoms with van der Waals surface area (Å²) in [6.45, 7) is 6.26. The monoisotopic (exact) mass is 387 g/mol. The van der Waals surface area contributed by atoms with Crippen LogP contribution < -0.4 is 4.90 Å². The lowest BCUT2D eigenvalue weighted by Gasteiger charge is -2.32. The van der Waals surface area contributed by atoms with Crippen LogP contribution in [0.4, 0.5) is 0 Å². The van der Waals surface area contributed by atoms with E-state index < -0.39 is 9.84 Å². The van der Waals surface area contributed by atoms with Gasteiger partial charge in [0, 0.05) is 12.0 Å². The number of quaternary nitrogens is 1. The number of carbonyl (C=O) groups excluding carboxylic acids is 1. The smallest absolute Gasteiger partial charge is 0.224 e. The Morgan fingerprint density at radius 3 is 2.30 bits per heavy atom. The Hall–Kier alpha value is -2.18. The maximum atomic E-state index is 12.4. The van der Waals surface area contributed by atoms with Crippen LogP contribution in [0.2, 0.25) is 0 Å². The standard InChI is InChI=1S/C21H26N2O3S/c1-18-7-5-6-8-19(18)17-22-12-14-23(15-13-22)21(24)11-16-27(25,26)20-9-3-2-4-10-20/h2-10H,11-17H2,1H3/p+1. The minimum atomic E-state index is -3.40. The van der Waals surface area contributed by atoms with Crippen LogP contribution in [-0.2, 0) is 21.2 Å². The van der Waals surface area contributed by atoms with Gasteiger partial charge < -0.3 is 9.80 Å². The number of carbonyl (C=O) groups is 1. The second-order valence-electron chi connectivity index (χ2n) is 7.12. The number of piperazine rings is 1. The minimum absolute atomic E-state index is 0.0460. The van der Waals surface area contributed by atoms with Crippen LogP contribution in [0.15, 0.2) is 59.5 Å². The molecule has 1 aliphatic rings. The molecule has 1 aliphatic heterocycles. The molecule has 1 N–H and O–H groups in total. The number of sulfone groups is 1. The van der Waals surface area contributed by atoms with E-state index in [0.29, 0.717) is 13.1 Å². The molecule has 3 rings (SSSR count). The van der Waals surface area contributed by atoms with E-state index in [-0.39, 0.29) is 23.0 Å². The van der Waals surface area contributed by atoms with Gasteiger partial charge in [0.1, 0.15) is 6.54 Å². The fourth-order valence-electron chi connectivity index (χ4n) is 3.45. The quantitative estimate of drug-likeness (QED) is 0.807. The predicted octanol–water partition coefficient (Wildman–Crippen LogP) is 1.09. The van der Waals surface area contributed by atoms with Crippen molar-refractivity contribution in [1.82, 2.24) is 4.90 Å². The van der Waals surface area contributed by atoms with Gasteiger partial charge in [0.2, 0.25) is 5.91 Å². The highest BCUT2D eigenvalue weighted by atomic mass is 32.2. The van der Waals surface area contributed by atoms with Crippen molar-refractivity contribution in [3.8, 4) is 0 Å². The molecule has 0 bridgehead atoms. The number of hydrogen-bond donors (Lipinski definition) is 1. The first-order chi connectivity index (χ1) is 13.0. The number of rotatable bonds is 6. The van der Waals surface area contributed by atoms with E-state index in [1.54, 1.807) is 30.3 Å². The summed E-state index contributed by atoms with van der Waals surface area (Å²) < 4.78 is 24.7. The second-order valence-corrected chi connectivity index (χ2v) is 9.23. The number of nitrogens with one attached hydrogen (secondary N) is 1. The van der Waals surface area contributed by atoms with Crippen molar-refractivity contribution in [2.24, 2.45) is 0 Å². The lowest BCUT2D eigenvalue weighted by molar-refractivity contribution is -0.917. The Morgan fingerprint density at radius 2 is 1.63 bits per heavy atom. The van der Waals surface area contributed by atoms with Gasteiger partial charge in [0.15, 0.2) is 9.84 Å². The van der Waals surface area contributed by atoms with Crippen LogP contribution in [0.25, 0.3) is 0 Å². The van der Waals surface area contributed by atoms with Crippen molar-refractivity contribution in [2.45, 2.75) is 24.8 Å². The Kier molecular flexibility index (Phi) is 6.29. The second kappa shape index (κ2) is 8.67. The molecule has 1 saturated heterocycles. The summed E-state index contributed by atoms with van der Waals surface area (Å²) in [4.78, 5) is 16.0. The number of aryl methyl sites for hydroxylation is 1. The maximum Gasteiger partial charge on any atom is 0.224 e. The Bertz CT molecular complexity index is 873. The molecular formula is C21H27N2O3S+. The van der Waals surface area contributed by atoms with Crippen LogP contribution in [0.1, 0.15) is 17.5 Å². The van der Waals surface area contributed by atoms with Crippen molar-refractivity contribution < 1.29 is 18.1 Å². The number of amides is 1. The average molecular weight is 388 g/mol. The van der Waals surface area contributed by atoms with Gasteiger partial charge in [-0.15, -0.1) is 0 Å². The summed E-state index contributed by atoms with van der Waals surface area (Å²) in [6, 6.07) is 16.7. The molecule has 27 heavy (non-hydrogen) atoms. The molecule has 1 fully saturated rings. The highest BCUT2D eigenvalue weighted by molar-refractivity contribution is 7.91. The molecule has 2 aromatic rings. The highest BCUT2D eigenvalue weighted by Gasteiger charge is 2.25. The van der Waals surface area contributed by atoms with E-state index in [0.717, 1.165) is 19.6 Å². The number of nitrogens with zero attached hydrogens (tertiary/aromatic N) is 1. The van der Waals surface area contributed by atoms with Crippen molar-refractivity contribution in [2.75, 3.05) is 31.9 Å². The summed E-state index contributed by atoms with van der Waals surface area (Å²) in [6.07, 6.45) is 0.0460. The third-order valence-electron chi connectivity index (χ3n) is 5.21. The molecule has 144 valence electrons. The molecule has 0 unspecified atom stereocenters. The Labute approximate surface area is 161 Å². The van der Waals surface area contributed by atoms with Crippen molar-refractivity contribution >= 4 is 15.7 Å². The van der Waals surface area contributed by atoms with E-state index in [9.17, 15) is 13.2 Å². The van der Waals surface area contributed by atoms with Crippen molar-refractivity contribution in [1.29, 1.82) is 0 Å². The van der Waals surface area contributed by atoms with Crippen LogP contribution in [0, 0.1) is 6.92 Å². The van der Waals surface area contributed by atoms with Gasteiger partial charge in [-0.3, -0.25) is 4.79 Å².